The number of benzene rings is 2. The van der Waals surface area contributed by atoms with Crippen LogP contribution in [0.25, 0.3) is 0 Å². The van der Waals surface area contributed by atoms with E-state index in [1.54, 1.807) is 0 Å². The molecule has 0 aliphatic rings. The second-order valence-electron chi connectivity index (χ2n) is 4.34. The summed E-state index contributed by atoms with van der Waals surface area (Å²) in [5.74, 6) is -0.0832. The average Bonchev–Trinajstić information content (AvgIpc) is 2.40. The molecule has 0 aromatic heterocycles. The third-order valence-electron chi connectivity index (χ3n) is 2.92. The zero-order valence-corrected chi connectivity index (χ0v) is 10.2. The lowest BCUT2D eigenvalue weighted by Gasteiger charge is -2.15. The van der Waals surface area contributed by atoms with Crippen LogP contribution in [0.5, 0.6) is 5.75 Å². The van der Waals surface area contributed by atoms with Crippen molar-refractivity contribution in [2.75, 3.05) is 5.73 Å². The molecule has 0 spiro atoms. The number of aliphatic hydroxyl groups is 1. The molecular weight excluding hydrogens is 271 g/mol. The van der Waals surface area contributed by atoms with E-state index in [0.29, 0.717) is 0 Å². The number of halogens is 3. The Kier molecular flexibility index (Phi) is 3.59. The van der Waals surface area contributed by atoms with E-state index in [1.807, 2.05) is 0 Å². The quantitative estimate of drug-likeness (QED) is 0.586. The summed E-state index contributed by atoms with van der Waals surface area (Å²) in [4.78, 5) is 0. The number of anilines is 1. The second kappa shape index (κ2) is 5.05. The summed E-state index contributed by atoms with van der Waals surface area (Å²) in [6.45, 7) is 0. The third-order valence-corrected chi connectivity index (χ3v) is 2.92. The minimum Gasteiger partial charge on any atom is -0.508 e. The molecule has 0 saturated carbocycles. The van der Waals surface area contributed by atoms with Crippen LogP contribution in [0.4, 0.5) is 18.9 Å². The van der Waals surface area contributed by atoms with Crippen molar-refractivity contribution in [1.82, 2.24) is 0 Å². The molecule has 1 unspecified atom stereocenters. The van der Waals surface area contributed by atoms with Crippen LogP contribution in [0, 0.1) is 0 Å². The van der Waals surface area contributed by atoms with E-state index in [-0.39, 0.29) is 22.6 Å². The molecule has 2 aromatic rings. The van der Waals surface area contributed by atoms with E-state index in [4.69, 9.17) is 5.73 Å². The molecule has 0 aliphatic heterocycles. The summed E-state index contributed by atoms with van der Waals surface area (Å²) in [6, 6.07) is 8.18. The molecule has 3 nitrogen and oxygen atoms in total. The normalized spacial score (nSPS) is 13.2. The fourth-order valence-corrected chi connectivity index (χ4v) is 1.83. The van der Waals surface area contributed by atoms with Gasteiger partial charge < -0.3 is 15.9 Å². The summed E-state index contributed by atoms with van der Waals surface area (Å²) in [5.41, 5.74) is 5.63. The molecule has 0 heterocycles. The lowest BCUT2D eigenvalue weighted by molar-refractivity contribution is -0.137. The van der Waals surface area contributed by atoms with Crippen LogP contribution in [-0.2, 0) is 6.18 Å². The van der Waals surface area contributed by atoms with Gasteiger partial charge in [0.1, 0.15) is 11.9 Å². The van der Waals surface area contributed by atoms with Gasteiger partial charge in [0.2, 0.25) is 0 Å². The highest BCUT2D eigenvalue weighted by Crippen LogP contribution is 2.33. The number of aliphatic hydroxyl groups excluding tert-OH is 1. The predicted octanol–water partition coefficient (Wildman–Crippen LogP) is 3.07. The minimum absolute atomic E-state index is 0.0832. The van der Waals surface area contributed by atoms with Gasteiger partial charge in [-0.15, -0.1) is 0 Å². The van der Waals surface area contributed by atoms with Gasteiger partial charge in [0, 0.05) is 11.3 Å². The first-order chi connectivity index (χ1) is 9.29. The second-order valence-corrected chi connectivity index (χ2v) is 4.34. The average molecular weight is 283 g/mol. The smallest absolute Gasteiger partial charge is 0.416 e. The van der Waals surface area contributed by atoms with Crippen LogP contribution in [-0.4, -0.2) is 10.2 Å². The van der Waals surface area contributed by atoms with Gasteiger partial charge in [-0.25, -0.2) is 0 Å². The van der Waals surface area contributed by atoms with Crippen molar-refractivity contribution in [3.8, 4) is 5.75 Å². The van der Waals surface area contributed by atoms with E-state index in [9.17, 15) is 23.4 Å². The molecule has 0 amide bonds. The zero-order valence-electron chi connectivity index (χ0n) is 10.2. The van der Waals surface area contributed by atoms with Crippen molar-refractivity contribution in [2.45, 2.75) is 12.3 Å². The zero-order chi connectivity index (χ0) is 14.9. The maximum atomic E-state index is 12.4. The van der Waals surface area contributed by atoms with Crippen molar-refractivity contribution in [3.05, 3.63) is 59.2 Å². The number of aromatic hydroxyl groups is 1. The standard InChI is InChI=1S/C14H12F3NO2/c15-14(16,17)9-3-1-8(2-4-9)13(20)11-7-10(19)5-6-12(11)18/h1-7,13,19-20H,18H2. The molecule has 0 fully saturated rings. The highest BCUT2D eigenvalue weighted by Gasteiger charge is 2.30. The van der Waals surface area contributed by atoms with Gasteiger partial charge in [0.15, 0.2) is 0 Å². The van der Waals surface area contributed by atoms with Gasteiger partial charge in [-0.3, -0.25) is 0 Å². The summed E-state index contributed by atoms with van der Waals surface area (Å²) in [6.07, 6.45) is -5.63. The lowest BCUT2D eigenvalue weighted by atomic mass is 9.98. The molecule has 4 N–H and O–H groups in total. The summed E-state index contributed by atoms with van der Waals surface area (Å²) in [5, 5.41) is 19.5. The number of hydrogen-bond donors (Lipinski definition) is 3. The van der Waals surface area contributed by atoms with Gasteiger partial charge in [0.05, 0.1) is 5.56 Å². The molecule has 0 aliphatic carbocycles. The SMILES string of the molecule is Nc1ccc(O)cc1C(O)c1ccc(C(F)(F)F)cc1. The number of phenols is 1. The Bertz CT molecular complexity index is 609. The molecule has 0 saturated heterocycles. The van der Waals surface area contributed by atoms with Gasteiger partial charge >= 0.3 is 6.18 Å². The van der Waals surface area contributed by atoms with Gasteiger partial charge in [-0.2, -0.15) is 13.2 Å². The first-order valence-electron chi connectivity index (χ1n) is 5.72. The Labute approximate surface area is 113 Å². The van der Waals surface area contributed by atoms with Gasteiger partial charge in [-0.1, -0.05) is 12.1 Å². The van der Waals surface area contributed by atoms with Crippen molar-refractivity contribution < 1.29 is 23.4 Å². The van der Waals surface area contributed by atoms with E-state index < -0.39 is 17.8 Å². The number of nitrogens with two attached hydrogens (primary N) is 1. The Morgan fingerprint density at radius 2 is 1.60 bits per heavy atom. The monoisotopic (exact) mass is 283 g/mol. The predicted molar refractivity (Wildman–Crippen MR) is 68.0 cm³/mol. The Morgan fingerprint density at radius 1 is 1.00 bits per heavy atom. The lowest BCUT2D eigenvalue weighted by Crippen LogP contribution is -2.07. The number of nitrogen functional groups attached to an aromatic ring is 1. The number of hydrogen-bond acceptors (Lipinski definition) is 3. The molecule has 6 heteroatoms. The van der Waals surface area contributed by atoms with Crippen LogP contribution in [0.3, 0.4) is 0 Å². The van der Waals surface area contributed by atoms with Crippen LogP contribution in [0.1, 0.15) is 22.8 Å². The molecule has 1 atom stereocenters. The minimum atomic E-state index is -4.42. The molecule has 0 bridgehead atoms. The van der Waals surface area contributed by atoms with Crippen molar-refractivity contribution >= 4 is 5.69 Å². The third kappa shape index (κ3) is 2.85. The van der Waals surface area contributed by atoms with Crippen LogP contribution < -0.4 is 5.73 Å². The first-order valence-corrected chi connectivity index (χ1v) is 5.72. The molecule has 106 valence electrons. The Morgan fingerprint density at radius 3 is 2.15 bits per heavy atom. The molecule has 0 radical (unpaired) electrons. The highest BCUT2D eigenvalue weighted by molar-refractivity contribution is 5.53. The molecule has 2 rings (SSSR count). The Balaban J connectivity index is 2.34. The van der Waals surface area contributed by atoms with Crippen molar-refractivity contribution in [3.63, 3.8) is 0 Å². The largest absolute Gasteiger partial charge is 0.508 e. The van der Waals surface area contributed by atoms with Crippen molar-refractivity contribution in [2.24, 2.45) is 0 Å². The van der Waals surface area contributed by atoms with Crippen LogP contribution in [0.2, 0.25) is 0 Å². The molecular formula is C14H12F3NO2. The number of alkyl halides is 3. The van der Waals surface area contributed by atoms with E-state index in [0.717, 1.165) is 12.1 Å². The highest BCUT2D eigenvalue weighted by atomic mass is 19.4. The molecule has 20 heavy (non-hydrogen) atoms. The molecule has 2 aromatic carbocycles. The topological polar surface area (TPSA) is 66.5 Å². The number of rotatable bonds is 2. The fourth-order valence-electron chi connectivity index (χ4n) is 1.83. The van der Waals surface area contributed by atoms with Gasteiger partial charge in [-0.05, 0) is 35.9 Å². The van der Waals surface area contributed by atoms with E-state index in [1.165, 1.54) is 30.3 Å². The number of phenolic OH excluding ortho intramolecular Hbond substituents is 1. The summed E-state index contributed by atoms with van der Waals surface area (Å²) in [7, 11) is 0. The first kappa shape index (κ1) is 14.2. The summed E-state index contributed by atoms with van der Waals surface area (Å²) >= 11 is 0. The van der Waals surface area contributed by atoms with E-state index >= 15 is 0 Å². The van der Waals surface area contributed by atoms with Crippen molar-refractivity contribution in [1.29, 1.82) is 0 Å². The Hall–Kier alpha value is -2.21. The maximum absolute atomic E-state index is 12.4. The van der Waals surface area contributed by atoms with E-state index in [2.05, 4.69) is 0 Å². The van der Waals surface area contributed by atoms with Gasteiger partial charge in [0.25, 0.3) is 0 Å². The summed E-state index contributed by atoms with van der Waals surface area (Å²) < 4.78 is 37.3. The van der Waals surface area contributed by atoms with Crippen LogP contribution >= 0.6 is 0 Å². The maximum Gasteiger partial charge on any atom is 0.416 e. The van der Waals surface area contributed by atoms with Crippen LogP contribution in [0.15, 0.2) is 42.5 Å². The fraction of sp³-hybridized carbons (Fsp3) is 0.143.